The molecule has 0 N–H and O–H groups in total. The quantitative estimate of drug-likeness (QED) is 0.861. The highest BCUT2D eigenvalue weighted by molar-refractivity contribution is 5.63. The lowest BCUT2D eigenvalue weighted by molar-refractivity contribution is 0.415. The highest BCUT2D eigenvalue weighted by Gasteiger charge is 2.15. The molecule has 1 aliphatic rings. The lowest BCUT2D eigenvalue weighted by Gasteiger charge is -2.17. The van der Waals surface area contributed by atoms with Crippen molar-refractivity contribution in [3.8, 4) is 17.1 Å². The van der Waals surface area contributed by atoms with Crippen molar-refractivity contribution in [1.29, 1.82) is 0 Å². The van der Waals surface area contributed by atoms with Crippen molar-refractivity contribution in [2.75, 3.05) is 25.1 Å². The third-order valence-corrected chi connectivity index (χ3v) is 3.60. The summed E-state index contributed by atoms with van der Waals surface area (Å²) in [6.07, 6.45) is 2.36. The first-order valence-electron chi connectivity index (χ1n) is 6.81. The highest BCUT2D eigenvalue weighted by atomic mass is 16.5. The standard InChI is InChI=1S/C16H17NO3/c1-19-14-6-4-12(5-7-14)15-10-13(11-16(18)20-15)17-8-2-3-9-17/h4-7,10-11H,2-3,8-9H2,1H3. The van der Waals surface area contributed by atoms with E-state index in [-0.39, 0.29) is 5.63 Å². The summed E-state index contributed by atoms with van der Waals surface area (Å²) < 4.78 is 10.4. The fourth-order valence-electron chi connectivity index (χ4n) is 2.52. The van der Waals surface area contributed by atoms with E-state index in [0.29, 0.717) is 5.76 Å². The molecule has 0 aliphatic carbocycles. The van der Waals surface area contributed by atoms with Crippen LogP contribution in [0, 0.1) is 0 Å². The van der Waals surface area contributed by atoms with Crippen molar-refractivity contribution >= 4 is 5.69 Å². The number of ether oxygens (including phenoxy) is 1. The van der Waals surface area contributed by atoms with Gasteiger partial charge in [0.15, 0.2) is 0 Å². The van der Waals surface area contributed by atoms with Gasteiger partial charge in [0, 0.05) is 36.5 Å². The Morgan fingerprint density at radius 3 is 2.45 bits per heavy atom. The first kappa shape index (κ1) is 12.8. The number of methoxy groups -OCH3 is 1. The van der Waals surface area contributed by atoms with Crippen LogP contribution in [-0.2, 0) is 0 Å². The molecule has 2 aromatic rings. The monoisotopic (exact) mass is 271 g/mol. The molecule has 1 aromatic carbocycles. The molecule has 4 heteroatoms. The van der Waals surface area contributed by atoms with Crippen molar-refractivity contribution in [2.24, 2.45) is 0 Å². The maximum Gasteiger partial charge on any atom is 0.338 e. The van der Waals surface area contributed by atoms with E-state index >= 15 is 0 Å². The van der Waals surface area contributed by atoms with Crippen LogP contribution in [0.4, 0.5) is 5.69 Å². The predicted octanol–water partition coefficient (Wildman–Crippen LogP) is 2.92. The summed E-state index contributed by atoms with van der Waals surface area (Å²) in [6.45, 7) is 2.01. The molecule has 1 fully saturated rings. The molecule has 0 bridgehead atoms. The fourth-order valence-corrected chi connectivity index (χ4v) is 2.52. The first-order chi connectivity index (χ1) is 9.76. The largest absolute Gasteiger partial charge is 0.497 e. The van der Waals surface area contributed by atoms with Crippen LogP contribution in [0.2, 0.25) is 0 Å². The fraction of sp³-hybridized carbons (Fsp3) is 0.312. The van der Waals surface area contributed by atoms with Crippen molar-refractivity contribution in [1.82, 2.24) is 0 Å². The van der Waals surface area contributed by atoms with E-state index in [9.17, 15) is 4.79 Å². The molecule has 20 heavy (non-hydrogen) atoms. The summed E-state index contributed by atoms with van der Waals surface area (Å²) in [5.74, 6) is 1.38. The predicted molar refractivity (Wildman–Crippen MR) is 78.4 cm³/mol. The minimum atomic E-state index is -0.305. The Kier molecular flexibility index (Phi) is 3.46. The zero-order valence-corrected chi connectivity index (χ0v) is 11.5. The molecular formula is C16H17NO3. The molecule has 1 aliphatic heterocycles. The summed E-state index contributed by atoms with van der Waals surface area (Å²) in [4.78, 5) is 14.0. The van der Waals surface area contributed by atoms with Gasteiger partial charge in [0.05, 0.1) is 7.11 Å². The number of nitrogens with zero attached hydrogens (tertiary/aromatic N) is 1. The van der Waals surface area contributed by atoms with E-state index in [2.05, 4.69) is 4.90 Å². The minimum Gasteiger partial charge on any atom is -0.497 e. The molecule has 104 valence electrons. The number of benzene rings is 1. The highest BCUT2D eigenvalue weighted by Crippen LogP contribution is 2.26. The molecule has 0 radical (unpaired) electrons. The van der Waals surface area contributed by atoms with Gasteiger partial charge in [0.25, 0.3) is 0 Å². The molecular weight excluding hydrogens is 254 g/mol. The van der Waals surface area contributed by atoms with Gasteiger partial charge in [-0.3, -0.25) is 0 Å². The van der Waals surface area contributed by atoms with Gasteiger partial charge in [-0.2, -0.15) is 0 Å². The normalized spacial score (nSPS) is 14.6. The summed E-state index contributed by atoms with van der Waals surface area (Å²) in [5, 5.41) is 0. The molecule has 4 nitrogen and oxygen atoms in total. The lowest BCUT2D eigenvalue weighted by Crippen LogP contribution is -2.19. The molecule has 2 heterocycles. The second-order valence-electron chi connectivity index (χ2n) is 4.92. The van der Waals surface area contributed by atoms with E-state index in [0.717, 1.165) is 30.1 Å². The van der Waals surface area contributed by atoms with Crippen LogP contribution in [-0.4, -0.2) is 20.2 Å². The van der Waals surface area contributed by atoms with Crippen LogP contribution in [0.25, 0.3) is 11.3 Å². The Hall–Kier alpha value is -2.23. The molecule has 1 saturated heterocycles. The van der Waals surface area contributed by atoms with Crippen LogP contribution in [0.15, 0.2) is 45.6 Å². The Morgan fingerprint density at radius 2 is 1.80 bits per heavy atom. The maximum atomic E-state index is 11.7. The van der Waals surface area contributed by atoms with Gasteiger partial charge in [-0.25, -0.2) is 4.79 Å². The molecule has 0 saturated carbocycles. The maximum absolute atomic E-state index is 11.7. The van der Waals surface area contributed by atoms with Crippen LogP contribution in [0.1, 0.15) is 12.8 Å². The number of hydrogen-bond donors (Lipinski definition) is 0. The van der Waals surface area contributed by atoms with Gasteiger partial charge in [-0.1, -0.05) is 0 Å². The number of rotatable bonds is 3. The Morgan fingerprint density at radius 1 is 1.10 bits per heavy atom. The van der Waals surface area contributed by atoms with Crippen LogP contribution < -0.4 is 15.3 Å². The third-order valence-electron chi connectivity index (χ3n) is 3.60. The number of anilines is 1. The van der Waals surface area contributed by atoms with E-state index in [1.807, 2.05) is 30.3 Å². The van der Waals surface area contributed by atoms with Crippen molar-refractivity contribution < 1.29 is 9.15 Å². The van der Waals surface area contributed by atoms with Gasteiger partial charge in [0.1, 0.15) is 11.5 Å². The van der Waals surface area contributed by atoms with Gasteiger partial charge in [-0.15, -0.1) is 0 Å². The molecule has 1 aromatic heterocycles. The van der Waals surface area contributed by atoms with Crippen LogP contribution >= 0.6 is 0 Å². The Labute approximate surface area is 117 Å². The zero-order valence-electron chi connectivity index (χ0n) is 11.5. The average Bonchev–Trinajstić information content (AvgIpc) is 3.01. The Balaban J connectivity index is 1.97. The van der Waals surface area contributed by atoms with Crippen LogP contribution in [0.3, 0.4) is 0 Å². The topological polar surface area (TPSA) is 42.7 Å². The van der Waals surface area contributed by atoms with E-state index < -0.39 is 0 Å². The van der Waals surface area contributed by atoms with Gasteiger partial charge in [0.2, 0.25) is 0 Å². The average molecular weight is 271 g/mol. The molecule has 0 amide bonds. The van der Waals surface area contributed by atoms with E-state index in [1.165, 1.54) is 12.8 Å². The number of hydrogen-bond acceptors (Lipinski definition) is 4. The molecule has 3 rings (SSSR count). The minimum absolute atomic E-state index is 0.305. The summed E-state index contributed by atoms with van der Waals surface area (Å²) in [5.41, 5.74) is 1.52. The molecule has 0 atom stereocenters. The van der Waals surface area contributed by atoms with Gasteiger partial charge in [-0.05, 0) is 37.1 Å². The first-order valence-corrected chi connectivity index (χ1v) is 6.81. The van der Waals surface area contributed by atoms with Crippen molar-refractivity contribution in [3.63, 3.8) is 0 Å². The second kappa shape index (κ2) is 5.41. The van der Waals surface area contributed by atoms with Crippen LogP contribution in [0.5, 0.6) is 5.75 Å². The van der Waals surface area contributed by atoms with Gasteiger partial charge < -0.3 is 14.1 Å². The smallest absolute Gasteiger partial charge is 0.338 e. The second-order valence-corrected chi connectivity index (χ2v) is 4.92. The van der Waals surface area contributed by atoms with E-state index in [4.69, 9.17) is 9.15 Å². The van der Waals surface area contributed by atoms with Crippen molar-refractivity contribution in [3.05, 3.63) is 46.8 Å². The van der Waals surface area contributed by atoms with E-state index in [1.54, 1.807) is 13.2 Å². The lowest BCUT2D eigenvalue weighted by atomic mass is 10.1. The zero-order chi connectivity index (χ0) is 13.9. The summed E-state index contributed by atoms with van der Waals surface area (Å²) in [6, 6.07) is 11.0. The third kappa shape index (κ3) is 2.54. The van der Waals surface area contributed by atoms with Gasteiger partial charge >= 0.3 is 5.63 Å². The molecule has 0 spiro atoms. The summed E-state index contributed by atoms with van der Waals surface area (Å²) >= 11 is 0. The Bertz CT molecular complexity index is 640. The summed E-state index contributed by atoms with van der Waals surface area (Å²) in [7, 11) is 1.63. The SMILES string of the molecule is COc1ccc(-c2cc(N3CCCC3)cc(=O)o2)cc1. The van der Waals surface area contributed by atoms with Crippen molar-refractivity contribution in [2.45, 2.75) is 12.8 Å². The molecule has 0 unspecified atom stereocenters.